The van der Waals surface area contributed by atoms with Gasteiger partial charge in [-0.05, 0) is 31.5 Å². The van der Waals surface area contributed by atoms with Crippen LogP contribution in [0.4, 0.5) is 13.2 Å². The molecule has 0 radical (unpaired) electrons. The van der Waals surface area contributed by atoms with Gasteiger partial charge in [0.25, 0.3) is 0 Å². The van der Waals surface area contributed by atoms with Crippen LogP contribution in [0.1, 0.15) is 27.2 Å². The van der Waals surface area contributed by atoms with Crippen molar-refractivity contribution in [2.45, 2.75) is 19.9 Å². The lowest BCUT2D eigenvalue weighted by atomic mass is 10.1. The van der Waals surface area contributed by atoms with Crippen LogP contribution in [0.5, 0.6) is 0 Å². The fraction of sp³-hybridized carbons (Fsp3) is 0.250. The Morgan fingerprint density at radius 3 is 2.17 bits per heavy atom. The summed E-state index contributed by atoms with van der Waals surface area (Å²) in [6, 6.07) is 1.04. The van der Waals surface area contributed by atoms with E-state index >= 15 is 0 Å². The van der Waals surface area contributed by atoms with Crippen molar-refractivity contribution in [3.8, 4) is 0 Å². The molecule has 2 nitrogen and oxygen atoms in total. The molecule has 1 atom stereocenters. The summed E-state index contributed by atoms with van der Waals surface area (Å²) in [7, 11) is 0. The average molecular weight is 272 g/mol. The first-order valence-corrected chi connectivity index (χ1v) is 6.05. The second-order valence-electron chi connectivity index (χ2n) is 3.97. The summed E-state index contributed by atoms with van der Waals surface area (Å²) in [5.41, 5.74) is 6.87. The lowest BCUT2D eigenvalue weighted by Gasteiger charge is -2.09. The summed E-state index contributed by atoms with van der Waals surface area (Å²) in [5.74, 6) is -3.98. The summed E-state index contributed by atoms with van der Waals surface area (Å²) in [4.78, 5) is 5.21. The minimum Gasteiger partial charge on any atom is -0.318 e. The Morgan fingerprint density at radius 1 is 1.17 bits per heavy atom. The van der Waals surface area contributed by atoms with E-state index in [1.54, 1.807) is 0 Å². The van der Waals surface area contributed by atoms with Gasteiger partial charge in [0, 0.05) is 4.88 Å². The molecular formula is C12H11F3N2S. The molecule has 96 valence electrons. The summed E-state index contributed by atoms with van der Waals surface area (Å²) < 4.78 is 39.1. The molecule has 2 rings (SSSR count). The molecule has 0 fully saturated rings. The lowest BCUT2D eigenvalue weighted by Crippen LogP contribution is -2.13. The van der Waals surface area contributed by atoms with E-state index in [0.29, 0.717) is 5.01 Å². The molecule has 0 aliphatic carbocycles. The fourth-order valence-electron chi connectivity index (χ4n) is 1.53. The molecule has 0 amide bonds. The molecular weight excluding hydrogens is 261 g/mol. The third-order valence-electron chi connectivity index (χ3n) is 2.68. The highest BCUT2D eigenvalue weighted by atomic mass is 32.1. The normalized spacial score (nSPS) is 12.8. The maximum absolute atomic E-state index is 13.1. The van der Waals surface area contributed by atoms with Crippen LogP contribution in [-0.4, -0.2) is 4.98 Å². The topological polar surface area (TPSA) is 38.9 Å². The van der Waals surface area contributed by atoms with Crippen molar-refractivity contribution in [2.75, 3.05) is 0 Å². The second kappa shape index (κ2) is 4.70. The van der Waals surface area contributed by atoms with Crippen LogP contribution in [0, 0.1) is 31.3 Å². The van der Waals surface area contributed by atoms with Gasteiger partial charge in [0.2, 0.25) is 0 Å². The van der Waals surface area contributed by atoms with Crippen LogP contribution in [0.25, 0.3) is 0 Å². The molecule has 1 aromatic carbocycles. The van der Waals surface area contributed by atoms with Crippen molar-refractivity contribution in [1.82, 2.24) is 4.98 Å². The van der Waals surface area contributed by atoms with E-state index in [4.69, 9.17) is 5.73 Å². The van der Waals surface area contributed by atoms with E-state index in [9.17, 15) is 13.2 Å². The third-order valence-corrected chi connectivity index (χ3v) is 3.83. The quantitative estimate of drug-likeness (QED) is 0.852. The first kappa shape index (κ1) is 13.0. The molecule has 0 saturated heterocycles. The molecule has 18 heavy (non-hydrogen) atoms. The third kappa shape index (κ3) is 2.26. The fourth-order valence-corrected chi connectivity index (χ4v) is 2.48. The van der Waals surface area contributed by atoms with Crippen molar-refractivity contribution in [1.29, 1.82) is 0 Å². The van der Waals surface area contributed by atoms with Crippen LogP contribution in [0.2, 0.25) is 0 Å². The first-order valence-electron chi connectivity index (χ1n) is 5.24. The number of aromatic nitrogens is 1. The minimum absolute atomic E-state index is 0.167. The molecule has 0 aliphatic rings. The van der Waals surface area contributed by atoms with Gasteiger partial charge in [0.15, 0.2) is 17.5 Å². The lowest BCUT2D eigenvalue weighted by molar-refractivity contribution is 0.444. The molecule has 0 spiro atoms. The van der Waals surface area contributed by atoms with Gasteiger partial charge in [-0.3, -0.25) is 0 Å². The van der Waals surface area contributed by atoms with Gasteiger partial charge in [0.1, 0.15) is 5.01 Å². The van der Waals surface area contributed by atoms with Crippen molar-refractivity contribution in [3.63, 3.8) is 0 Å². The maximum Gasteiger partial charge on any atom is 0.194 e. The first-order chi connectivity index (χ1) is 8.40. The highest BCUT2D eigenvalue weighted by Gasteiger charge is 2.18. The van der Waals surface area contributed by atoms with Crippen molar-refractivity contribution in [3.05, 3.63) is 50.7 Å². The molecule has 2 N–H and O–H groups in total. The van der Waals surface area contributed by atoms with Gasteiger partial charge in [-0.1, -0.05) is 0 Å². The van der Waals surface area contributed by atoms with Crippen LogP contribution >= 0.6 is 11.3 Å². The Kier molecular flexibility index (Phi) is 3.41. The van der Waals surface area contributed by atoms with Crippen molar-refractivity contribution < 1.29 is 13.2 Å². The number of nitrogens with two attached hydrogens (primary N) is 1. The number of benzene rings is 1. The van der Waals surface area contributed by atoms with Crippen LogP contribution in [0.3, 0.4) is 0 Å². The predicted molar refractivity (Wildman–Crippen MR) is 63.9 cm³/mol. The largest absolute Gasteiger partial charge is 0.318 e. The van der Waals surface area contributed by atoms with Gasteiger partial charge in [-0.2, -0.15) is 0 Å². The van der Waals surface area contributed by atoms with Gasteiger partial charge in [-0.25, -0.2) is 18.2 Å². The average Bonchev–Trinajstić information content (AvgIpc) is 2.65. The smallest absolute Gasteiger partial charge is 0.194 e. The summed E-state index contributed by atoms with van der Waals surface area (Å²) >= 11 is 1.36. The Morgan fingerprint density at radius 2 is 1.72 bits per heavy atom. The van der Waals surface area contributed by atoms with Crippen LogP contribution < -0.4 is 5.73 Å². The maximum atomic E-state index is 13.1. The predicted octanol–water partition coefficient (Wildman–Crippen LogP) is 3.23. The van der Waals surface area contributed by atoms with Gasteiger partial charge < -0.3 is 5.73 Å². The number of nitrogens with zero attached hydrogens (tertiary/aromatic N) is 1. The second-order valence-corrected chi connectivity index (χ2v) is 5.20. The van der Waals surface area contributed by atoms with Crippen LogP contribution in [-0.2, 0) is 0 Å². The van der Waals surface area contributed by atoms with Gasteiger partial charge in [0.05, 0.1) is 11.7 Å². The van der Waals surface area contributed by atoms with Gasteiger partial charge in [-0.15, -0.1) is 11.3 Å². The molecule has 1 unspecified atom stereocenters. The summed E-state index contributed by atoms with van der Waals surface area (Å²) in [6.07, 6.45) is 0. The van der Waals surface area contributed by atoms with Gasteiger partial charge >= 0.3 is 0 Å². The highest BCUT2D eigenvalue weighted by Crippen LogP contribution is 2.27. The van der Waals surface area contributed by atoms with E-state index in [1.807, 2.05) is 13.8 Å². The molecule has 0 saturated carbocycles. The van der Waals surface area contributed by atoms with E-state index < -0.39 is 23.5 Å². The van der Waals surface area contributed by atoms with E-state index in [0.717, 1.165) is 22.7 Å². The standard InChI is InChI=1S/C12H11F3N2S/c1-5-6(2)18-12(17-5)11(16)7-3-8(13)10(15)9(14)4-7/h3-4,11H,16H2,1-2H3. The molecule has 1 heterocycles. The monoisotopic (exact) mass is 272 g/mol. The number of thiazole rings is 1. The Bertz CT molecular complexity index is 552. The molecule has 0 bridgehead atoms. The van der Waals surface area contributed by atoms with Crippen molar-refractivity contribution in [2.24, 2.45) is 5.73 Å². The summed E-state index contributed by atoms with van der Waals surface area (Å²) in [5, 5.41) is 0.551. The number of rotatable bonds is 2. The SMILES string of the molecule is Cc1nc(C(N)c2cc(F)c(F)c(F)c2)sc1C. The number of hydrogen-bond donors (Lipinski definition) is 1. The van der Waals surface area contributed by atoms with E-state index in [1.165, 1.54) is 11.3 Å². The zero-order chi connectivity index (χ0) is 13.4. The molecule has 2 aromatic rings. The Labute approximate surface area is 106 Å². The minimum atomic E-state index is -1.49. The van der Waals surface area contributed by atoms with E-state index in [2.05, 4.69) is 4.98 Å². The molecule has 1 aromatic heterocycles. The molecule has 0 aliphatic heterocycles. The number of aryl methyl sites for hydroxylation is 2. The van der Waals surface area contributed by atoms with Crippen molar-refractivity contribution >= 4 is 11.3 Å². The Hall–Kier alpha value is -1.40. The van der Waals surface area contributed by atoms with Crippen LogP contribution in [0.15, 0.2) is 12.1 Å². The number of halogens is 3. The number of hydrogen-bond acceptors (Lipinski definition) is 3. The van der Waals surface area contributed by atoms with E-state index in [-0.39, 0.29) is 5.56 Å². The highest BCUT2D eigenvalue weighted by molar-refractivity contribution is 7.11. The Balaban J connectivity index is 2.42. The zero-order valence-electron chi connectivity index (χ0n) is 9.80. The summed E-state index contributed by atoms with van der Waals surface area (Å²) in [6.45, 7) is 3.71. The zero-order valence-corrected chi connectivity index (χ0v) is 10.6. The molecule has 6 heteroatoms.